The minimum atomic E-state index is -0.745. The maximum absolute atomic E-state index is 9.55. The maximum atomic E-state index is 9.55. The second-order valence-corrected chi connectivity index (χ2v) is 4.91. The van der Waals surface area contributed by atoms with E-state index >= 15 is 0 Å². The van der Waals surface area contributed by atoms with Crippen LogP contribution in [0.1, 0.15) is 27.7 Å². The summed E-state index contributed by atoms with van der Waals surface area (Å²) in [6.45, 7) is 8.03. The van der Waals surface area contributed by atoms with Crippen molar-refractivity contribution in [2.24, 2.45) is 5.92 Å². The molecule has 0 saturated carbocycles. The Morgan fingerprint density at radius 2 is 1.93 bits per heavy atom. The molecule has 0 amide bonds. The first kappa shape index (κ1) is 10.4. The predicted octanol–water partition coefficient (Wildman–Crippen LogP) is 0.881. The van der Waals surface area contributed by atoms with Gasteiger partial charge in [-0.1, -0.05) is 6.92 Å². The van der Waals surface area contributed by atoms with Crippen LogP contribution in [-0.2, 0) is 14.2 Å². The summed E-state index contributed by atoms with van der Waals surface area (Å²) in [5.74, 6) is -0.642. The summed E-state index contributed by atoms with van der Waals surface area (Å²) in [5, 5.41) is 9.55. The van der Waals surface area contributed by atoms with Gasteiger partial charge in [-0.25, -0.2) is 0 Å². The summed E-state index contributed by atoms with van der Waals surface area (Å²) in [6.07, 6.45) is -0.841. The fraction of sp³-hybridized carbons (Fsp3) is 1.00. The van der Waals surface area contributed by atoms with Gasteiger partial charge in [0.25, 0.3) is 0 Å². The first-order valence-electron chi connectivity index (χ1n) is 5.02. The third kappa shape index (κ3) is 1.46. The topological polar surface area (TPSA) is 47.9 Å². The Balaban J connectivity index is 2.23. The lowest BCUT2D eigenvalue weighted by molar-refractivity contribution is -0.227. The smallest absolute Gasteiger partial charge is 0.164 e. The molecule has 4 atom stereocenters. The van der Waals surface area contributed by atoms with Gasteiger partial charge in [0, 0.05) is 5.92 Å². The number of aliphatic hydroxyl groups is 1. The van der Waals surface area contributed by atoms with Crippen molar-refractivity contribution in [1.29, 1.82) is 0 Å². The van der Waals surface area contributed by atoms with Gasteiger partial charge in [0.05, 0.1) is 12.7 Å². The number of aliphatic hydroxyl groups excluding tert-OH is 1. The van der Waals surface area contributed by atoms with Gasteiger partial charge in [-0.15, -0.1) is 0 Å². The minimum Gasteiger partial charge on any atom is -0.368 e. The van der Waals surface area contributed by atoms with Gasteiger partial charge in [-0.05, 0) is 20.8 Å². The van der Waals surface area contributed by atoms with Crippen molar-refractivity contribution in [2.45, 2.75) is 51.5 Å². The van der Waals surface area contributed by atoms with E-state index in [1.165, 1.54) is 0 Å². The zero-order valence-electron chi connectivity index (χ0n) is 9.11. The molecule has 0 unspecified atom stereocenters. The van der Waals surface area contributed by atoms with Crippen molar-refractivity contribution in [1.82, 2.24) is 0 Å². The Morgan fingerprint density at radius 3 is 2.57 bits per heavy atom. The number of fused-ring (bicyclic) bond motifs is 1. The normalized spacial score (nSPS) is 51.6. The molecule has 2 saturated heterocycles. The molecule has 4 heteroatoms. The molecule has 2 rings (SSSR count). The van der Waals surface area contributed by atoms with E-state index in [2.05, 4.69) is 0 Å². The zero-order chi connectivity index (χ0) is 10.6. The molecule has 0 aliphatic carbocycles. The van der Waals surface area contributed by atoms with Gasteiger partial charge < -0.3 is 19.3 Å². The van der Waals surface area contributed by atoms with Gasteiger partial charge in [0.1, 0.15) is 5.60 Å². The van der Waals surface area contributed by atoms with Crippen LogP contribution in [0.15, 0.2) is 0 Å². The van der Waals surface area contributed by atoms with Crippen molar-refractivity contribution in [3.63, 3.8) is 0 Å². The maximum Gasteiger partial charge on any atom is 0.164 e. The molecule has 0 aromatic carbocycles. The molecule has 4 nitrogen and oxygen atoms in total. The zero-order valence-corrected chi connectivity index (χ0v) is 9.11. The summed E-state index contributed by atoms with van der Waals surface area (Å²) in [6, 6.07) is 0. The van der Waals surface area contributed by atoms with Crippen molar-refractivity contribution < 1.29 is 19.3 Å². The lowest BCUT2D eigenvalue weighted by atomic mass is 9.87. The predicted molar refractivity (Wildman–Crippen MR) is 49.6 cm³/mol. The fourth-order valence-electron chi connectivity index (χ4n) is 2.40. The average Bonchev–Trinajstić information content (AvgIpc) is 2.30. The van der Waals surface area contributed by atoms with E-state index < -0.39 is 17.7 Å². The molecule has 82 valence electrons. The largest absolute Gasteiger partial charge is 0.368 e. The van der Waals surface area contributed by atoms with E-state index in [1.54, 1.807) is 0 Å². The van der Waals surface area contributed by atoms with Crippen LogP contribution in [0.4, 0.5) is 0 Å². The molecule has 0 radical (unpaired) electrons. The van der Waals surface area contributed by atoms with Crippen molar-refractivity contribution in [3.8, 4) is 0 Å². The summed E-state index contributed by atoms with van der Waals surface area (Å²) in [5.41, 5.74) is -0.428. The summed E-state index contributed by atoms with van der Waals surface area (Å²) in [4.78, 5) is 0. The Labute approximate surface area is 84.1 Å². The molecule has 14 heavy (non-hydrogen) atoms. The highest BCUT2D eigenvalue weighted by Crippen LogP contribution is 2.43. The van der Waals surface area contributed by atoms with E-state index in [4.69, 9.17) is 14.2 Å². The lowest BCUT2D eigenvalue weighted by Gasteiger charge is -2.39. The van der Waals surface area contributed by atoms with Crippen LogP contribution in [0.5, 0.6) is 0 Å². The average molecular weight is 202 g/mol. The molecule has 0 spiro atoms. The third-order valence-corrected chi connectivity index (χ3v) is 2.96. The van der Waals surface area contributed by atoms with E-state index in [0.29, 0.717) is 6.61 Å². The van der Waals surface area contributed by atoms with Gasteiger partial charge in [-0.3, -0.25) is 0 Å². The van der Waals surface area contributed by atoms with Crippen LogP contribution in [0, 0.1) is 5.92 Å². The molecular formula is C10H18O4. The molecule has 1 N–H and O–H groups in total. The van der Waals surface area contributed by atoms with E-state index in [-0.39, 0.29) is 12.0 Å². The second kappa shape index (κ2) is 2.92. The molecule has 0 aromatic heterocycles. The third-order valence-electron chi connectivity index (χ3n) is 2.96. The second-order valence-electron chi connectivity index (χ2n) is 4.91. The Morgan fingerprint density at radius 1 is 1.29 bits per heavy atom. The van der Waals surface area contributed by atoms with Crippen LogP contribution >= 0.6 is 0 Å². The summed E-state index contributed by atoms with van der Waals surface area (Å²) in [7, 11) is 0. The van der Waals surface area contributed by atoms with Gasteiger partial charge >= 0.3 is 0 Å². The molecule has 2 aliphatic rings. The summed E-state index contributed by atoms with van der Waals surface area (Å²) < 4.78 is 16.8. The molecule has 2 aliphatic heterocycles. The van der Waals surface area contributed by atoms with Crippen LogP contribution in [0.25, 0.3) is 0 Å². The van der Waals surface area contributed by atoms with Crippen LogP contribution in [-0.4, -0.2) is 35.5 Å². The van der Waals surface area contributed by atoms with E-state index in [1.807, 2.05) is 27.7 Å². The number of hydrogen-bond acceptors (Lipinski definition) is 4. The monoisotopic (exact) mass is 202 g/mol. The summed E-state index contributed by atoms with van der Waals surface area (Å²) >= 11 is 0. The van der Waals surface area contributed by atoms with Crippen LogP contribution in [0.3, 0.4) is 0 Å². The highest BCUT2D eigenvalue weighted by Gasteiger charge is 2.56. The minimum absolute atomic E-state index is 0.0597. The van der Waals surface area contributed by atoms with Crippen molar-refractivity contribution in [3.05, 3.63) is 0 Å². The highest BCUT2D eigenvalue weighted by atomic mass is 16.8. The number of hydrogen-bond donors (Lipinski definition) is 1. The van der Waals surface area contributed by atoms with Gasteiger partial charge in [-0.2, -0.15) is 0 Å². The van der Waals surface area contributed by atoms with E-state index in [0.717, 1.165) is 0 Å². The fourth-order valence-corrected chi connectivity index (χ4v) is 2.40. The standard InChI is InChI=1S/C10H18O4/c1-6-7-10(4,5-12-8(6)11)14-9(2,3)13-7/h6-8,11H,5H2,1-4H3/t6-,7+,8-,10-/m0/s1. The molecule has 2 fully saturated rings. The Kier molecular flexibility index (Phi) is 2.16. The Bertz CT molecular complexity index is 240. The van der Waals surface area contributed by atoms with Gasteiger partial charge in [0.2, 0.25) is 0 Å². The Hall–Kier alpha value is -0.160. The molecule has 0 bridgehead atoms. The molecule has 0 aromatic rings. The van der Waals surface area contributed by atoms with Crippen LogP contribution in [0.2, 0.25) is 0 Å². The lowest BCUT2D eigenvalue weighted by Crippen LogP contribution is -2.54. The molecule has 2 heterocycles. The molecular weight excluding hydrogens is 184 g/mol. The SMILES string of the molecule is C[C@H]1[C@H]2OC(C)(C)O[C@@]2(C)CO[C@@H]1O. The first-order valence-corrected chi connectivity index (χ1v) is 5.02. The van der Waals surface area contributed by atoms with Crippen molar-refractivity contribution in [2.75, 3.05) is 6.61 Å². The number of rotatable bonds is 0. The highest BCUT2D eigenvalue weighted by molar-refractivity contribution is 4.98. The quantitative estimate of drug-likeness (QED) is 0.633. The first-order chi connectivity index (χ1) is 6.34. The number of ether oxygens (including phenoxy) is 3. The van der Waals surface area contributed by atoms with E-state index in [9.17, 15) is 5.11 Å². The van der Waals surface area contributed by atoms with Crippen LogP contribution < -0.4 is 0 Å². The van der Waals surface area contributed by atoms with Crippen molar-refractivity contribution >= 4 is 0 Å². The van der Waals surface area contributed by atoms with Gasteiger partial charge in [0.15, 0.2) is 12.1 Å².